The van der Waals surface area contributed by atoms with E-state index in [2.05, 4.69) is 15.5 Å². The number of aryl methyl sites for hydroxylation is 1. The molecule has 1 N–H and O–H groups in total. The van der Waals surface area contributed by atoms with Gasteiger partial charge in [0, 0.05) is 23.3 Å². The van der Waals surface area contributed by atoms with Crippen LogP contribution in [0.1, 0.15) is 5.56 Å². The van der Waals surface area contributed by atoms with Crippen LogP contribution in [0.4, 0.5) is 5.69 Å². The van der Waals surface area contributed by atoms with Crippen molar-refractivity contribution in [2.45, 2.75) is 12.1 Å². The Morgan fingerprint density at radius 3 is 2.62 bits per heavy atom. The number of ether oxygens (including phenoxy) is 2. The number of hydrogen-bond donors (Lipinski definition) is 1. The van der Waals surface area contributed by atoms with E-state index in [9.17, 15) is 4.79 Å². The fourth-order valence-electron chi connectivity index (χ4n) is 2.71. The zero-order chi connectivity index (χ0) is 21.0. The number of carbonyl (C=O) groups is 1. The maximum Gasteiger partial charge on any atom is 0.234 e. The third-order valence-corrected chi connectivity index (χ3v) is 5.54. The largest absolute Gasteiger partial charge is 0.493 e. The lowest BCUT2D eigenvalue weighted by molar-refractivity contribution is -0.113. The molecular formula is C20H21ClN4O3S. The molecule has 3 aromatic rings. The Hall–Kier alpha value is -2.71. The molecule has 0 spiro atoms. The van der Waals surface area contributed by atoms with Crippen LogP contribution in [0.25, 0.3) is 11.4 Å². The van der Waals surface area contributed by atoms with Crippen LogP contribution in [0.3, 0.4) is 0 Å². The number of benzene rings is 2. The number of hydrogen-bond acceptors (Lipinski definition) is 6. The summed E-state index contributed by atoms with van der Waals surface area (Å²) in [5.41, 5.74) is 2.48. The summed E-state index contributed by atoms with van der Waals surface area (Å²) in [6, 6.07) is 10.9. The summed E-state index contributed by atoms with van der Waals surface area (Å²) in [6.07, 6.45) is 0. The topological polar surface area (TPSA) is 78.3 Å². The highest BCUT2D eigenvalue weighted by Crippen LogP contribution is 2.32. The summed E-state index contributed by atoms with van der Waals surface area (Å²) in [5.74, 6) is 1.97. The van der Waals surface area contributed by atoms with Crippen LogP contribution < -0.4 is 14.8 Å². The predicted molar refractivity (Wildman–Crippen MR) is 115 cm³/mol. The molecule has 0 saturated heterocycles. The van der Waals surface area contributed by atoms with Gasteiger partial charge in [-0.05, 0) is 42.8 Å². The summed E-state index contributed by atoms with van der Waals surface area (Å²) >= 11 is 7.31. The number of thioether (sulfide) groups is 1. The number of halogens is 1. The monoisotopic (exact) mass is 432 g/mol. The molecule has 9 heteroatoms. The summed E-state index contributed by atoms with van der Waals surface area (Å²) in [7, 11) is 5.03. The lowest BCUT2D eigenvalue weighted by atomic mass is 10.2. The van der Waals surface area contributed by atoms with Crippen molar-refractivity contribution in [3.8, 4) is 22.9 Å². The smallest absolute Gasteiger partial charge is 0.234 e. The quantitative estimate of drug-likeness (QED) is 0.564. The molecule has 1 amide bonds. The number of carbonyl (C=O) groups excluding carboxylic acids is 1. The van der Waals surface area contributed by atoms with Crippen molar-refractivity contribution in [1.82, 2.24) is 14.8 Å². The van der Waals surface area contributed by atoms with E-state index >= 15 is 0 Å². The minimum Gasteiger partial charge on any atom is -0.493 e. The molecule has 0 radical (unpaired) electrons. The molecule has 29 heavy (non-hydrogen) atoms. The Kier molecular flexibility index (Phi) is 6.66. The normalized spacial score (nSPS) is 10.7. The van der Waals surface area contributed by atoms with Crippen molar-refractivity contribution in [2.24, 2.45) is 7.05 Å². The third-order valence-electron chi connectivity index (χ3n) is 4.28. The molecule has 0 bridgehead atoms. The van der Waals surface area contributed by atoms with Crippen molar-refractivity contribution >= 4 is 35.0 Å². The molecule has 0 saturated carbocycles. The number of rotatable bonds is 7. The van der Waals surface area contributed by atoms with Gasteiger partial charge in [-0.1, -0.05) is 29.4 Å². The molecule has 3 rings (SSSR count). The number of methoxy groups -OCH3 is 2. The zero-order valence-corrected chi connectivity index (χ0v) is 18.1. The third kappa shape index (κ3) is 4.83. The highest BCUT2D eigenvalue weighted by molar-refractivity contribution is 7.99. The molecule has 0 aliphatic carbocycles. The molecule has 7 nitrogen and oxygen atoms in total. The average Bonchev–Trinajstić information content (AvgIpc) is 3.09. The highest BCUT2D eigenvalue weighted by atomic mass is 35.5. The van der Waals surface area contributed by atoms with E-state index in [0.29, 0.717) is 33.2 Å². The van der Waals surface area contributed by atoms with Crippen LogP contribution in [-0.4, -0.2) is 40.6 Å². The first kappa shape index (κ1) is 21.0. The average molecular weight is 433 g/mol. The van der Waals surface area contributed by atoms with Crippen LogP contribution in [0.15, 0.2) is 41.6 Å². The minimum absolute atomic E-state index is 0.143. The Morgan fingerprint density at radius 2 is 1.90 bits per heavy atom. The van der Waals surface area contributed by atoms with E-state index in [0.717, 1.165) is 11.1 Å². The van der Waals surface area contributed by atoms with Gasteiger partial charge >= 0.3 is 0 Å². The summed E-state index contributed by atoms with van der Waals surface area (Å²) in [6.45, 7) is 1.91. The molecule has 0 aliphatic heterocycles. The lowest BCUT2D eigenvalue weighted by Crippen LogP contribution is -2.15. The number of anilines is 1. The fourth-order valence-corrected chi connectivity index (χ4v) is 3.60. The second kappa shape index (κ2) is 9.19. The van der Waals surface area contributed by atoms with Gasteiger partial charge in [-0.25, -0.2) is 0 Å². The van der Waals surface area contributed by atoms with Crippen molar-refractivity contribution in [2.75, 3.05) is 25.3 Å². The van der Waals surface area contributed by atoms with E-state index < -0.39 is 0 Å². The Morgan fingerprint density at radius 1 is 1.14 bits per heavy atom. The predicted octanol–water partition coefficient (Wildman–Crippen LogP) is 4.19. The summed E-state index contributed by atoms with van der Waals surface area (Å²) in [4.78, 5) is 12.3. The van der Waals surface area contributed by atoms with E-state index in [1.165, 1.54) is 11.8 Å². The van der Waals surface area contributed by atoms with Gasteiger partial charge in [0.05, 0.1) is 20.0 Å². The van der Waals surface area contributed by atoms with Crippen LogP contribution in [-0.2, 0) is 11.8 Å². The maximum atomic E-state index is 12.3. The van der Waals surface area contributed by atoms with Crippen molar-refractivity contribution in [3.05, 3.63) is 47.0 Å². The van der Waals surface area contributed by atoms with Crippen LogP contribution in [0.2, 0.25) is 5.02 Å². The van der Waals surface area contributed by atoms with Gasteiger partial charge < -0.3 is 19.4 Å². The zero-order valence-electron chi connectivity index (χ0n) is 16.5. The van der Waals surface area contributed by atoms with E-state index in [4.69, 9.17) is 21.1 Å². The Bertz CT molecular complexity index is 1040. The number of nitrogens with one attached hydrogen (secondary N) is 1. The van der Waals surface area contributed by atoms with Gasteiger partial charge in [0.1, 0.15) is 0 Å². The number of nitrogens with zero attached hydrogens (tertiary/aromatic N) is 3. The van der Waals surface area contributed by atoms with Crippen molar-refractivity contribution in [3.63, 3.8) is 0 Å². The summed E-state index contributed by atoms with van der Waals surface area (Å²) in [5, 5.41) is 12.5. The standard InChI is InChI=1S/C20H21ClN4O3S/c1-12-5-7-14(21)10-15(12)22-18(26)11-29-20-24-23-19(25(20)2)13-6-8-16(27-3)17(9-13)28-4/h5-10H,11H2,1-4H3,(H,22,26). The van der Waals surface area contributed by atoms with Crippen molar-refractivity contribution in [1.29, 1.82) is 0 Å². The molecule has 0 atom stereocenters. The van der Waals surface area contributed by atoms with Crippen molar-refractivity contribution < 1.29 is 14.3 Å². The Balaban J connectivity index is 1.70. The number of amides is 1. The lowest BCUT2D eigenvalue weighted by Gasteiger charge is -2.10. The van der Waals surface area contributed by atoms with Gasteiger partial charge in [-0.2, -0.15) is 0 Å². The van der Waals surface area contributed by atoms with E-state index in [1.807, 2.05) is 42.8 Å². The second-order valence-corrected chi connectivity index (χ2v) is 7.61. The van der Waals surface area contributed by atoms with Crippen LogP contribution in [0, 0.1) is 6.92 Å². The molecule has 152 valence electrons. The molecule has 0 unspecified atom stereocenters. The first-order chi connectivity index (χ1) is 13.9. The van der Waals surface area contributed by atoms with Crippen LogP contribution in [0.5, 0.6) is 11.5 Å². The van der Waals surface area contributed by atoms with Gasteiger partial charge in [-0.15, -0.1) is 10.2 Å². The highest BCUT2D eigenvalue weighted by Gasteiger charge is 2.15. The molecule has 1 aromatic heterocycles. The molecule has 0 fully saturated rings. The van der Waals surface area contributed by atoms with Gasteiger partial charge in [-0.3, -0.25) is 4.79 Å². The van der Waals surface area contributed by atoms with E-state index in [1.54, 1.807) is 26.4 Å². The number of aromatic nitrogens is 3. The van der Waals surface area contributed by atoms with E-state index in [-0.39, 0.29) is 11.7 Å². The first-order valence-electron chi connectivity index (χ1n) is 8.73. The maximum absolute atomic E-state index is 12.3. The second-order valence-electron chi connectivity index (χ2n) is 6.23. The fraction of sp³-hybridized carbons (Fsp3) is 0.250. The van der Waals surface area contributed by atoms with Gasteiger partial charge in [0.2, 0.25) is 5.91 Å². The van der Waals surface area contributed by atoms with Gasteiger partial charge in [0.25, 0.3) is 0 Å². The summed E-state index contributed by atoms with van der Waals surface area (Å²) < 4.78 is 12.5. The molecule has 1 heterocycles. The molecular weight excluding hydrogens is 412 g/mol. The minimum atomic E-state index is -0.143. The SMILES string of the molecule is COc1ccc(-c2nnc(SCC(=O)Nc3cc(Cl)ccc3C)n2C)cc1OC. The molecule has 0 aliphatic rings. The molecule has 2 aromatic carbocycles. The van der Waals surface area contributed by atoms with Gasteiger partial charge in [0.15, 0.2) is 22.5 Å². The first-order valence-corrected chi connectivity index (χ1v) is 10.1. The Labute approximate surface area is 178 Å². The van der Waals surface area contributed by atoms with Crippen LogP contribution >= 0.6 is 23.4 Å².